The van der Waals surface area contributed by atoms with Crippen LogP contribution in [0.1, 0.15) is 29.8 Å². The molecule has 0 fully saturated rings. The monoisotopic (exact) mass is 401 g/mol. The van der Waals surface area contributed by atoms with Crippen molar-refractivity contribution < 1.29 is 19.1 Å². The largest absolute Gasteiger partial charge is 0.454 e. The van der Waals surface area contributed by atoms with Crippen molar-refractivity contribution >= 4 is 23.3 Å². The summed E-state index contributed by atoms with van der Waals surface area (Å²) >= 11 is 0. The molecule has 0 saturated carbocycles. The van der Waals surface area contributed by atoms with E-state index in [4.69, 9.17) is 4.74 Å². The van der Waals surface area contributed by atoms with Crippen LogP contribution < -0.4 is 5.32 Å². The van der Waals surface area contributed by atoms with Gasteiger partial charge in [0.2, 0.25) is 11.7 Å². The molecule has 5 heteroatoms. The van der Waals surface area contributed by atoms with Crippen LogP contribution in [0.4, 0.5) is 5.69 Å². The van der Waals surface area contributed by atoms with Crippen molar-refractivity contribution in [1.29, 1.82) is 0 Å². The molecule has 0 spiro atoms. The molecule has 0 aliphatic carbocycles. The molecular formula is C25H23NO4. The van der Waals surface area contributed by atoms with Crippen LogP contribution in [-0.4, -0.2) is 23.8 Å². The summed E-state index contributed by atoms with van der Waals surface area (Å²) in [5, 5.41) is 2.64. The molecule has 0 aromatic heterocycles. The smallest absolute Gasteiger partial charge is 0.310 e. The van der Waals surface area contributed by atoms with E-state index in [1.165, 1.54) is 6.92 Å². The fraction of sp³-hybridized carbons (Fsp3) is 0.160. The van der Waals surface area contributed by atoms with E-state index in [0.29, 0.717) is 11.3 Å². The van der Waals surface area contributed by atoms with Gasteiger partial charge in [0.25, 0.3) is 0 Å². The number of benzene rings is 3. The molecule has 0 radical (unpaired) electrons. The number of ketones is 1. The van der Waals surface area contributed by atoms with E-state index in [9.17, 15) is 14.4 Å². The van der Waals surface area contributed by atoms with E-state index in [1.807, 2.05) is 54.6 Å². The van der Waals surface area contributed by atoms with Crippen molar-refractivity contribution in [2.75, 3.05) is 5.32 Å². The third-order valence-electron chi connectivity index (χ3n) is 4.58. The number of carbonyl (C=O) groups is 3. The zero-order valence-corrected chi connectivity index (χ0v) is 16.9. The summed E-state index contributed by atoms with van der Waals surface area (Å²) in [6, 6.07) is 24.1. The first-order valence-corrected chi connectivity index (χ1v) is 9.68. The summed E-state index contributed by atoms with van der Waals surface area (Å²) in [6.07, 6.45) is -0.804. The van der Waals surface area contributed by atoms with Crippen LogP contribution in [-0.2, 0) is 20.7 Å². The molecule has 1 N–H and O–H groups in total. The summed E-state index contributed by atoms with van der Waals surface area (Å²) in [4.78, 5) is 35.8. The van der Waals surface area contributed by atoms with Crippen molar-refractivity contribution in [3.63, 3.8) is 0 Å². The lowest BCUT2D eigenvalue weighted by Crippen LogP contribution is -2.25. The predicted octanol–water partition coefficient (Wildman–Crippen LogP) is 4.67. The summed E-state index contributed by atoms with van der Waals surface area (Å²) < 4.78 is 5.32. The topological polar surface area (TPSA) is 72.5 Å². The summed E-state index contributed by atoms with van der Waals surface area (Å²) in [6.45, 7) is 2.97. The lowest BCUT2D eigenvalue weighted by molar-refractivity contribution is -0.145. The number of amides is 1. The Morgan fingerprint density at radius 1 is 0.833 bits per heavy atom. The van der Waals surface area contributed by atoms with Crippen molar-refractivity contribution in [2.45, 2.75) is 26.4 Å². The van der Waals surface area contributed by atoms with E-state index in [1.54, 1.807) is 31.2 Å². The molecule has 3 aromatic carbocycles. The quantitative estimate of drug-likeness (QED) is 0.461. The highest BCUT2D eigenvalue weighted by Crippen LogP contribution is 2.20. The van der Waals surface area contributed by atoms with Gasteiger partial charge in [-0.1, -0.05) is 54.6 Å². The van der Waals surface area contributed by atoms with Gasteiger partial charge in [-0.25, -0.2) is 0 Å². The normalized spacial score (nSPS) is 11.4. The lowest BCUT2D eigenvalue weighted by atomic mass is 10.0. The predicted molar refractivity (Wildman–Crippen MR) is 116 cm³/mol. The Hall–Kier alpha value is -3.73. The number of hydrogen-bond acceptors (Lipinski definition) is 4. The minimum Gasteiger partial charge on any atom is -0.454 e. The van der Waals surface area contributed by atoms with E-state index < -0.39 is 12.1 Å². The average Bonchev–Trinajstić information content (AvgIpc) is 2.74. The van der Waals surface area contributed by atoms with Gasteiger partial charge in [0.05, 0.1) is 6.42 Å². The van der Waals surface area contributed by atoms with Gasteiger partial charge in [-0.05, 0) is 47.9 Å². The number of esters is 1. The molecule has 0 unspecified atom stereocenters. The fourth-order valence-corrected chi connectivity index (χ4v) is 3.06. The summed E-state index contributed by atoms with van der Waals surface area (Å²) in [5.41, 5.74) is 4.01. The molecule has 3 rings (SSSR count). The Labute approximate surface area is 175 Å². The maximum absolute atomic E-state index is 12.5. The Morgan fingerprint density at radius 3 is 2.03 bits per heavy atom. The number of nitrogens with one attached hydrogen (secondary N) is 1. The number of rotatable bonds is 7. The van der Waals surface area contributed by atoms with E-state index >= 15 is 0 Å². The average molecular weight is 401 g/mol. The molecular weight excluding hydrogens is 378 g/mol. The zero-order valence-electron chi connectivity index (χ0n) is 16.9. The van der Waals surface area contributed by atoms with Crippen molar-refractivity contribution in [3.05, 3.63) is 90.0 Å². The molecule has 152 valence electrons. The highest BCUT2D eigenvalue weighted by atomic mass is 16.5. The van der Waals surface area contributed by atoms with Gasteiger partial charge in [-0.2, -0.15) is 0 Å². The Morgan fingerprint density at radius 2 is 1.43 bits per heavy atom. The van der Waals surface area contributed by atoms with Gasteiger partial charge in [0, 0.05) is 18.2 Å². The van der Waals surface area contributed by atoms with E-state index in [-0.39, 0.29) is 18.1 Å². The minimum absolute atomic E-state index is 0.0914. The molecule has 30 heavy (non-hydrogen) atoms. The van der Waals surface area contributed by atoms with E-state index in [0.717, 1.165) is 16.7 Å². The van der Waals surface area contributed by atoms with Crippen molar-refractivity contribution in [3.8, 4) is 11.1 Å². The van der Waals surface area contributed by atoms with Gasteiger partial charge in [-0.15, -0.1) is 0 Å². The van der Waals surface area contributed by atoms with Gasteiger partial charge >= 0.3 is 5.97 Å². The summed E-state index contributed by atoms with van der Waals surface area (Å²) in [7, 11) is 0. The highest BCUT2D eigenvalue weighted by molar-refractivity contribution is 6.00. The van der Waals surface area contributed by atoms with Crippen molar-refractivity contribution in [1.82, 2.24) is 0 Å². The standard InChI is InChI=1S/C25H23NO4/c1-17(25(29)22-12-14-23(15-13-22)26-18(2)27)30-24(28)16-19-8-10-21(11-9-19)20-6-4-3-5-7-20/h3-15,17H,16H2,1-2H3,(H,26,27)/t17-/m0/s1. The maximum atomic E-state index is 12.5. The van der Waals surface area contributed by atoms with Gasteiger partial charge in [0.1, 0.15) is 0 Å². The van der Waals surface area contributed by atoms with Crippen LogP contribution in [0.2, 0.25) is 0 Å². The van der Waals surface area contributed by atoms with Crippen LogP contribution in [0.15, 0.2) is 78.9 Å². The first kappa shape index (κ1) is 21.0. The SMILES string of the molecule is CC(=O)Nc1ccc(C(=O)[C@H](C)OC(=O)Cc2ccc(-c3ccccc3)cc2)cc1. The third kappa shape index (κ3) is 5.64. The third-order valence-corrected chi connectivity index (χ3v) is 4.58. The number of ether oxygens (including phenoxy) is 1. The second-order valence-electron chi connectivity index (χ2n) is 6.99. The van der Waals surface area contributed by atoms with Crippen molar-refractivity contribution in [2.24, 2.45) is 0 Å². The van der Waals surface area contributed by atoms with Crippen LogP contribution in [0.25, 0.3) is 11.1 Å². The van der Waals surface area contributed by atoms with Gasteiger partial charge < -0.3 is 10.1 Å². The molecule has 1 atom stereocenters. The van der Waals surface area contributed by atoms with E-state index in [2.05, 4.69) is 5.32 Å². The number of anilines is 1. The van der Waals surface area contributed by atoms with Crippen LogP contribution in [0, 0.1) is 0 Å². The second-order valence-corrected chi connectivity index (χ2v) is 6.99. The zero-order chi connectivity index (χ0) is 21.5. The first-order chi connectivity index (χ1) is 14.4. The lowest BCUT2D eigenvalue weighted by Gasteiger charge is -2.13. The first-order valence-electron chi connectivity index (χ1n) is 9.68. The summed E-state index contributed by atoms with van der Waals surface area (Å²) in [5.74, 6) is -0.941. The Bertz CT molecular complexity index is 1030. The molecule has 5 nitrogen and oxygen atoms in total. The fourth-order valence-electron chi connectivity index (χ4n) is 3.06. The molecule has 3 aromatic rings. The minimum atomic E-state index is -0.896. The Balaban J connectivity index is 1.56. The number of carbonyl (C=O) groups excluding carboxylic acids is 3. The van der Waals surface area contributed by atoms with Crippen LogP contribution in [0.3, 0.4) is 0 Å². The highest BCUT2D eigenvalue weighted by Gasteiger charge is 2.19. The Kier molecular flexibility index (Phi) is 6.75. The molecule has 0 aliphatic heterocycles. The van der Waals surface area contributed by atoms with Crippen LogP contribution >= 0.6 is 0 Å². The molecule has 0 bridgehead atoms. The number of Topliss-reactive ketones (excluding diaryl/α,β-unsaturated/α-hetero) is 1. The molecule has 0 heterocycles. The van der Waals surface area contributed by atoms with Gasteiger partial charge in [-0.3, -0.25) is 14.4 Å². The maximum Gasteiger partial charge on any atom is 0.310 e. The van der Waals surface area contributed by atoms with Crippen LogP contribution in [0.5, 0.6) is 0 Å². The van der Waals surface area contributed by atoms with Gasteiger partial charge in [0.15, 0.2) is 6.10 Å². The molecule has 0 aliphatic rings. The molecule has 0 saturated heterocycles. The number of hydrogen-bond donors (Lipinski definition) is 1. The molecule has 1 amide bonds. The second kappa shape index (κ2) is 9.65.